The van der Waals surface area contributed by atoms with Gasteiger partial charge >= 0.3 is 0 Å². The van der Waals surface area contributed by atoms with Crippen molar-refractivity contribution in [3.63, 3.8) is 0 Å². The van der Waals surface area contributed by atoms with Gasteiger partial charge in [-0.3, -0.25) is 0 Å². The molecule has 5 nitrogen and oxygen atoms in total. The molecule has 124 valence electrons. The number of nitrogens with zero attached hydrogens (tertiary/aromatic N) is 4. The van der Waals surface area contributed by atoms with E-state index in [1.807, 2.05) is 25.1 Å². The van der Waals surface area contributed by atoms with Crippen molar-refractivity contribution < 1.29 is 9.13 Å². The summed E-state index contributed by atoms with van der Waals surface area (Å²) in [6.45, 7) is 2.00. The number of hydrogen-bond acceptors (Lipinski definition) is 5. The Balaban J connectivity index is 1.87. The van der Waals surface area contributed by atoms with E-state index < -0.39 is 0 Å². The summed E-state index contributed by atoms with van der Waals surface area (Å²) in [6.07, 6.45) is 0. The van der Waals surface area contributed by atoms with Crippen LogP contribution in [0.5, 0.6) is 5.75 Å². The Morgan fingerprint density at radius 2 is 2.08 bits per heavy atom. The third-order valence-electron chi connectivity index (χ3n) is 3.38. The van der Waals surface area contributed by atoms with Crippen molar-refractivity contribution in [1.82, 2.24) is 20.2 Å². The molecule has 3 aromatic rings. The maximum atomic E-state index is 13.2. The number of tetrazole rings is 1. The number of aromatic nitrogens is 4. The molecule has 0 spiro atoms. The number of ether oxygens (including phenoxy) is 1. The predicted molar refractivity (Wildman–Crippen MR) is 94.1 cm³/mol. The van der Waals surface area contributed by atoms with Crippen LogP contribution in [0, 0.1) is 12.7 Å². The van der Waals surface area contributed by atoms with Crippen molar-refractivity contribution in [2.75, 3.05) is 7.11 Å². The number of rotatable bonds is 5. The molecule has 0 unspecified atom stereocenters. The van der Waals surface area contributed by atoms with Crippen LogP contribution in [-0.2, 0) is 5.75 Å². The molecule has 0 atom stereocenters. The van der Waals surface area contributed by atoms with Crippen LogP contribution in [0.1, 0.15) is 11.1 Å². The van der Waals surface area contributed by atoms with Crippen LogP contribution >= 0.6 is 27.7 Å². The van der Waals surface area contributed by atoms with Gasteiger partial charge in [-0.2, -0.15) is 4.68 Å². The molecule has 0 fully saturated rings. The molecular formula is C16H14BrFN4OS. The zero-order valence-electron chi connectivity index (χ0n) is 13.0. The number of benzene rings is 2. The van der Waals surface area contributed by atoms with Gasteiger partial charge in [-0.05, 0) is 52.7 Å². The monoisotopic (exact) mass is 408 g/mol. The molecule has 0 aliphatic rings. The summed E-state index contributed by atoms with van der Waals surface area (Å²) in [7, 11) is 1.61. The first-order valence-corrected chi connectivity index (χ1v) is 8.86. The zero-order chi connectivity index (χ0) is 17.1. The van der Waals surface area contributed by atoms with Crippen LogP contribution in [-0.4, -0.2) is 27.3 Å². The average Bonchev–Trinajstić information content (AvgIpc) is 3.02. The Morgan fingerprint density at radius 1 is 1.25 bits per heavy atom. The molecule has 0 aliphatic heterocycles. The highest BCUT2D eigenvalue weighted by molar-refractivity contribution is 9.10. The highest BCUT2D eigenvalue weighted by Crippen LogP contribution is 2.30. The van der Waals surface area contributed by atoms with Gasteiger partial charge in [-0.15, -0.1) is 5.10 Å². The smallest absolute Gasteiger partial charge is 0.214 e. The van der Waals surface area contributed by atoms with Gasteiger partial charge in [0, 0.05) is 10.2 Å². The van der Waals surface area contributed by atoms with Gasteiger partial charge in [0.2, 0.25) is 5.16 Å². The summed E-state index contributed by atoms with van der Waals surface area (Å²) >= 11 is 4.84. The van der Waals surface area contributed by atoms with E-state index in [9.17, 15) is 4.39 Å². The van der Waals surface area contributed by atoms with Gasteiger partial charge in [0.15, 0.2) is 0 Å². The third kappa shape index (κ3) is 3.59. The van der Waals surface area contributed by atoms with Gasteiger partial charge in [0.25, 0.3) is 0 Å². The second-order valence-electron chi connectivity index (χ2n) is 5.07. The number of aryl methyl sites for hydroxylation is 1. The van der Waals surface area contributed by atoms with E-state index in [4.69, 9.17) is 4.74 Å². The van der Waals surface area contributed by atoms with Gasteiger partial charge in [-0.25, -0.2) is 4.39 Å². The largest absolute Gasteiger partial charge is 0.494 e. The van der Waals surface area contributed by atoms with E-state index in [0.717, 1.165) is 21.3 Å². The molecule has 8 heteroatoms. The first-order chi connectivity index (χ1) is 11.6. The lowest BCUT2D eigenvalue weighted by atomic mass is 10.2. The summed E-state index contributed by atoms with van der Waals surface area (Å²) in [4.78, 5) is 0. The van der Waals surface area contributed by atoms with Crippen LogP contribution < -0.4 is 4.74 Å². The van der Waals surface area contributed by atoms with Crippen molar-refractivity contribution in [1.29, 1.82) is 0 Å². The maximum Gasteiger partial charge on any atom is 0.214 e. The minimum Gasteiger partial charge on any atom is -0.494 e. The molecule has 0 aliphatic carbocycles. The fourth-order valence-electron chi connectivity index (χ4n) is 2.17. The second kappa shape index (κ2) is 7.31. The van der Waals surface area contributed by atoms with E-state index in [0.29, 0.717) is 16.7 Å². The lowest BCUT2D eigenvalue weighted by molar-refractivity contribution is 0.410. The third-order valence-corrected chi connectivity index (χ3v) is 5.08. The SMILES string of the molecule is COc1ccc(C)cc1-n1nnnc1SCc1ccc(F)cc1Br. The Hall–Kier alpha value is -1.93. The molecular weight excluding hydrogens is 395 g/mol. The number of hydrogen-bond donors (Lipinski definition) is 0. The summed E-state index contributed by atoms with van der Waals surface area (Å²) in [6, 6.07) is 10.4. The molecule has 0 N–H and O–H groups in total. The topological polar surface area (TPSA) is 52.8 Å². The summed E-state index contributed by atoms with van der Waals surface area (Å²) in [5.41, 5.74) is 2.83. The molecule has 0 bridgehead atoms. The molecule has 1 aromatic heterocycles. The Labute approximate surface area is 151 Å². The summed E-state index contributed by atoms with van der Waals surface area (Å²) in [5, 5.41) is 12.5. The van der Waals surface area contributed by atoms with Gasteiger partial charge < -0.3 is 4.74 Å². The molecule has 3 rings (SSSR count). The van der Waals surface area contributed by atoms with Crippen molar-refractivity contribution >= 4 is 27.7 Å². The van der Waals surface area contributed by atoms with Crippen molar-refractivity contribution in [3.8, 4) is 11.4 Å². The zero-order valence-corrected chi connectivity index (χ0v) is 15.4. The highest BCUT2D eigenvalue weighted by Gasteiger charge is 2.14. The van der Waals surface area contributed by atoms with Gasteiger partial charge in [-0.1, -0.05) is 39.8 Å². The summed E-state index contributed by atoms with van der Waals surface area (Å²) < 4.78 is 21.0. The minimum absolute atomic E-state index is 0.273. The molecule has 0 saturated carbocycles. The van der Waals surface area contributed by atoms with Crippen LogP contribution in [0.3, 0.4) is 0 Å². The number of thioether (sulfide) groups is 1. The standard InChI is InChI=1S/C16H14BrFN4OS/c1-10-3-6-15(23-2)14(7-10)22-16(19-20-21-22)24-9-11-4-5-12(18)8-13(11)17/h3-8H,9H2,1-2H3. The van der Waals surface area contributed by atoms with Crippen LogP contribution in [0.2, 0.25) is 0 Å². The highest BCUT2D eigenvalue weighted by atomic mass is 79.9. The van der Waals surface area contributed by atoms with E-state index in [1.54, 1.807) is 17.9 Å². The van der Waals surface area contributed by atoms with E-state index >= 15 is 0 Å². The maximum absolute atomic E-state index is 13.2. The first-order valence-electron chi connectivity index (χ1n) is 7.08. The second-order valence-corrected chi connectivity index (χ2v) is 6.87. The fraction of sp³-hybridized carbons (Fsp3) is 0.188. The molecule has 1 heterocycles. The van der Waals surface area contributed by atoms with Crippen LogP contribution in [0.25, 0.3) is 5.69 Å². The summed E-state index contributed by atoms with van der Waals surface area (Å²) in [5.74, 6) is 1.03. The lowest BCUT2D eigenvalue weighted by Gasteiger charge is -2.10. The normalized spacial score (nSPS) is 10.8. The Morgan fingerprint density at radius 3 is 2.83 bits per heavy atom. The molecule has 24 heavy (non-hydrogen) atoms. The van der Waals surface area contributed by atoms with Crippen molar-refractivity contribution in [3.05, 3.63) is 57.8 Å². The lowest BCUT2D eigenvalue weighted by Crippen LogP contribution is -2.02. The number of halogens is 2. The fourth-order valence-corrected chi connectivity index (χ4v) is 3.73. The predicted octanol–water partition coefficient (Wildman–Crippen LogP) is 4.17. The van der Waals surface area contributed by atoms with E-state index in [2.05, 4.69) is 31.5 Å². The molecule has 0 saturated heterocycles. The molecule has 0 radical (unpaired) electrons. The van der Waals surface area contributed by atoms with Crippen molar-refractivity contribution in [2.45, 2.75) is 17.8 Å². The first kappa shape index (κ1) is 16.9. The average molecular weight is 409 g/mol. The van der Waals surface area contributed by atoms with Gasteiger partial charge in [0.1, 0.15) is 17.3 Å². The van der Waals surface area contributed by atoms with E-state index in [1.165, 1.54) is 23.9 Å². The van der Waals surface area contributed by atoms with Crippen molar-refractivity contribution in [2.24, 2.45) is 0 Å². The quantitative estimate of drug-likeness (QED) is 0.592. The van der Waals surface area contributed by atoms with Gasteiger partial charge in [0.05, 0.1) is 7.11 Å². The Bertz CT molecular complexity index is 871. The van der Waals surface area contributed by atoms with Crippen LogP contribution in [0.15, 0.2) is 46.0 Å². The minimum atomic E-state index is -0.273. The molecule has 2 aromatic carbocycles. The Kier molecular flexibility index (Phi) is 5.15. The van der Waals surface area contributed by atoms with Crippen LogP contribution in [0.4, 0.5) is 4.39 Å². The van der Waals surface area contributed by atoms with E-state index in [-0.39, 0.29) is 5.82 Å². The number of methoxy groups -OCH3 is 1. The molecule has 0 amide bonds.